The molecule has 7 nitrogen and oxygen atoms in total. The third kappa shape index (κ3) is 3.91. The van der Waals surface area contributed by atoms with Gasteiger partial charge >= 0.3 is 0 Å². The summed E-state index contributed by atoms with van der Waals surface area (Å²) in [6.07, 6.45) is 4.52. The fraction of sp³-hybridized carbons (Fsp3) is 0.412. The molecule has 2 heterocycles. The molecule has 0 unspecified atom stereocenters. The minimum atomic E-state index is -3.65. The number of benzene rings is 1. The van der Waals surface area contributed by atoms with Crippen LogP contribution in [0.5, 0.6) is 0 Å². The smallest absolute Gasteiger partial charge is 0.259 e. The van der Waals surface area contributed by atoms with Crippen LogP contribution in [-0.4, -0.2) is 42.9 Å². The van der Waals surface area contributed by atoms with Crippen molar-refractivity contribution in [1.82, 2.24) is 19.2 Å². The van der Waals surface area contributed by atoms with E-state index in [1.54, 1.807) is 44.6 Å². The van der Waals surface area contributed by atoms with Gasteiger partial charge in [-0.3, -0.25) is 4.79 Å². The number of fused-ring (bicyclic) bond motifs is 1. The number of carbonyl (C=O) groups is 1. The lowest BCUT2D eigenvalue weighted by atomic mass is 10.1. The van der Waals surface area contributed by atoms with Crippen LogP contribution in [0.15, 0.2) is 35.5 Å². The van der Waals surface area contributed by atoms with Gasteiger partial charge in [0.1, 0.15) is 5.82 Å². The predicted molar refractivity (Wildman–Crippen MR) is 93.7 cm³/mol. The maximum Gasteiger partial charge on any atom is 0.259 e. The van der Waals surface area contributed by atoms with Crippen molar-refractivity contribution < 1.29 is 13.2 Å². The standard InChI is InChI=1S/C17H22N4O3S/c1-20(2)17(22)14-8-6-13(7-9-14)11-18-25(23,24)16-12-21-10-4-3-5-15(21)19-16/h6-9,12,18H,3-5,10-11H2,1-2H3. The van der Waals surface area contributed by atoms with Gasteiger partial charge in [0, 0.05) is 45.4 Å². The van der Waals surface area contributed by atoms with Crippen LogP contribution in [0.4, 0.5) is 0 Å². The molecule has 1 aliphatic heterocycles. The number of aryl methyl sites for hydroxylation is 2. The summed E-state index contributed by atoms with van der Waals surface area (Å²) in [6, 6.07) is 6.89. The van der Waals surface area contributed by atoms with Crippen LogP contribution in [-0.2, 0) is 29.5 Å². The van der Waals surface area contributed by atoms with E-state index in [1.807, 2.05) is 4.57 Å². The van der Waals surface area contributed by atoms with Crippen LogP contribution in [0.1, 0.15) is 34.6 Å². The third-order valence-electron chi connectivity index (χ3n) is 4.24. The van der Waals surface area contributed by atoms with Gasteiger partial charge in [-0.2, -0.15) is 0 Å². The SMILES string of the molecule is CN(C)C(=O)c1ccc(CNS(=O)(=O)c2cn3c(n2)CCCC3)cc1. The summed E-state index contributed by atoms with van der Waals surface area (Å²) in [6.45, 7) is 0.972. The lowest BCUT2D eigenvalue weighted by molar-refractivity contribution is 0.0827. The molecular weight excluding hydrogens is 340 g/mol. The second-order valence-electron chi connectivity index (χ2n) is 6.37. The van der Waals surface area contributed by atoms with E-state index in [9.17, 15) is 13.2 Å². The quantitative estimate of drug-likeness (QED) is 0.871. The minimum Gasteiger partial charge on any atom is -0.345 e. The van der Waals surface area contributed by atoms with E-state index in [2.05, 4.69) is 9.71 Å². The molecule has 0 saturated carbocycles. The van der Waals surface area contributed by atoms with Gasteiger partial charge in [0.15, 0.2) is 5.03 Å². The Hall–Kier alpha value is -2.19. The predicted octanol–water partition coefficient (Wildman–Crippen LogP) is 1.40. The molecule has 0 fully saturated rings. The topological polar surface area (TPSA) is 84.3 Å². The zero-order valence-corrected chi connectivity index (χ0v) is 15.2. The number of rotatable bonds is 5. The molecule has 2 aromatic rings. The van der Waals surface area contributed by atoms with Gasteiger partial charge < -0.3 is 9.47 Å². The molecule has 1 amide bonds. The summed E-state index contributed by atoms with van der Waals surface area (Å²) >= 11 is 0. The van der Waals surface area contributed by atoms with Crippen molar-refractivity contribution in [2.75, 3.05) is 14.1 Å². The number of hydrogen-bond acceptors (Lipinski definition) is 4. The highest BCUT2D eigenvalue weighted by Crippen LogP contribution is 2.17. The molecule has 1 aliphatic rings. The molecule has 1 aromatic heterocycles. The summed E-state index contributed by atoms with van der Waals surface area (Å²) in [7, 11) is -0.271. The largest absolute Gasteiger partial charge is 0.345 e. The Morgan fingerprint density at radius 2 is 1.96 bits per heavy atom. The Morgan fingerprint density at radius 1 is 1.24 bits per heavy atom. The molecular formula is C17H22N4O3S. The van der Waals surface area contributed by atoms with Crippen LogP contribution in [0.2, 0.25) is 0 Å². The first-order valence-corrected chi connectivity index (χ1v) is 9.71. The van der Waals surface area contributed by atoms with E-state index in [0.717, 1.165) is 37.2 Å². The highest BCUT2D eigenvalue weighted by molar-refractivity contribution is 7.89. The lowest BCUT2D eigenvalue weighted by Gasteiger charge is -2.11. The molecule has 0 aliphatic carbocycles. The van der Waals surface area contributed by atoms with E-state index >= 15 is 0 Å². The summed E-state index contributed by atoms with van der Waals surface area (Å²) in [5.41, 5.74) is 1.35. The molecule has 8 heteroatoms. The van der Waals surface area contributed by atoms with Crippen molar-refractivity contribution in [2.24, 2.45) is 0 Å². The van der Waals surface area contributed by atoms with Crippen LogP contribution >= 0.6 is 0 Å². The number of imidazole rings is 1. The maximum atomic E-state index is 12.4. The van der Waals surface area contributed by atoms with Crippen LogP contribution < -0.4 is 4.72 Å². The summed E-state index contributed by atoms with van der Waals surface area (Å²) in [5, 5.41) is 0.0730. The highest BCUT2D eigenvalue weighted by Gasteiger charge is 2.21. The first-order chi connectivity index (χ1) is 11.9. The van der Waals surface area contributed by atoms with Crippen molar-refractivity contribution in [3.8, 4) is 0 Å². The summed E-state index contributed by atoms with van der Waals surface area (Å²) in [4.78, 5) is 17.6. The number of aromatic nitrogens is 2. The zero-order valence-electron chi connectivity index (χ0n) is 14.4. The average molecular weight is 362 g/mol. The summed E-state index contributed by atoms with van der Waals surface area (Å²) in [5.74, 6) is 0.744. The van der Waals surface area contributed by atoms with Gasteiger partial charge in [0.25, 0.3) is 15.9 Å². The number of carbonyl (C=O) groups excluding carboxylic acids is 1. The molecule has 0 bridgehead atoms. The molecule has 3 rings (SSSR count). The Morgan fingerprint density at radius 3 is 2.60 bits per heavy atom. The first-order valence-electron chi connectivity index (χ1n) is 8.23. The number of nitrogens with zero attached hydrogens (tertiary/aromatic N) is 3. The highest BCUT2D eigenvalue weighted by atomic mass is 32.2. The van der Waals surface area contributed by atoms with Crippen LogP contribution in [0, 0.1) is 0 Å². The zero-order chi connectivity index (χ0) is 18.0. The van der Waals surface area contributed by atoms with Gasteiger partial charge in [-0.05, 0) is 30.5 Å². The fourth-order valence-corrected chi connectivity index (χ4v) is 3.79. The fourth-order valence-electron chi connectivity index (χ4n) is 2.79. The molecule has 1 N–H and O–H groups in total. The van der Waals surface area contributed by atoms with Crippen LogP contribution in [0.3, 0.4) is 0 Å². The molecule has 25 heavy (non-hydrogen) atoms. The van der Waals surface area contributed by atoms with Crippen LogP contribution in [0.25, 0.3) is 0 Å². The normalized spacial score (nSPS) is 14.2. The maximum absolute atomic E-state index is 12.4. The Kier molecular flexibility index (Phi) is 4.91. The molecule has 134 valence electrons. The van der Waals surface area contributed by atoms with E-state index < -0.39 is 10.0 Å². The van der Waals surface area contributed by atoms with Crippen molar-refractivity contribution in [3.63, 3.8) is 0 Å². The van der Waals surface area contributed by atoms with Gasteiger partial charge in [-0.1, -0.05) is 12.1 Å². The van der Waals surface area contributed by atoms with E-state index in [0.29, 0.717) is 5.56 Å². The first kappa shape index (κ1) is 17.6. The molecule has 1 aromatic carbocycles. The molecule has 0 saturated heterocycles. The minimum absolute atomic E-state index is 0.0730. The van der Waals surface area contributed by atoms with Gasteiger partial charge in [-0.15, -0.1) is 0 Å². The molecule has 0 radical (unpaired) electrons. The average Bonchev–Trinajstić information content (AvgIpc) is 3.05. The second-order valence-corrected chi connectivity index (χ2v) is 8.08. The number of amides is 1. The third-order valence-corrected chi connectivity index (χ3v) is 5.51. The van der Waals surface area contributed by atoms with Crippen molar-refractivity contribution >= 4 is 15.9 Å². The number of nitrogens with one attached hydrogen (secondary N) is 1. The van der Waals surface area contributed by atoms with Gasteiger partial charge in [-0.25, -0.2) is 18.1 Å². The van der Waals surface area contributed by atoms with Gasteiger partial charge in [0.2, 0.25) is 0 Å². The monoisotopic (exact) mass is 362 g/mol. The number of hydrogen-bond donors (Lipinski definition) is 1. The van der Waals surface area contributed by atoms with Gasteiger partial charge in [0.05, 0.1) is 0 Å². The van der Waals surface area contributed by atoms with E-state index in [1.165, 1.54) is 4.90 Å². The second kappa shape index (κ2) is 6.97. The Labute approximate surface area is 147 Å². The Bertz CT molecular complexity index is 846. The number of sulfonamides is 1. The van der Waals surface area contributed by atoms with E-state index in [-0.39, 0.29) is 17.5 Å². The Balaban J connectivity index is 1.68. The van der Waals surface area contributed by atoms with Crippen molar-refractivity contribution in [2.45, 2.75) is 37.4 Å². The molecule has 0 atom stereocenters. The summed E-state index contributed by atoms with van der Waals surface area (Å²) < 4.78 is 29.4. The van der Waals surface area contributed by atoms with Crippen molar-refractivity contribution in [3.05, 3.63) is 47.4 Å². The van der Waals surface area contributed by atoms with E-state index in [4.69, 9.17) is 0 Å². The molecule has 0 spiro atoms. The lowest BCUT2D eigenvalue weighted by Crippen LogP contribution is -2.24. The van der Waals surface area contributed by atoms with Crippen molar-refractivity contribution in [1.29, 1.82) is 0 Å².